The van der Waals surface area contributed by atoms with Crippen LogP contribution in [0.5, 0.6) is 0 Å². The fourth-order valence-corrected chi connectivity index (χ4v) is 2.97. The standard InChI is InChI=1S/2C4H5NS2.C4H8O.Bi.3ClH/c2*1-3-2-7-4(6)5-3;1-2-4-5-3-1;;;;/h2*2H,1H3,(H,5,6);1-4H2;;3*1H/q;;;+3;;;/p-3. The van der Waals surface area contributed by atoms with Gasteiger partial charge in [0.2, 0.25) is 0 Å². The first-order chi connectivity index (χ1) is 9.08. The molecule has 3 rings (SSSR count). The van der Waals surface area contributed by atoms with E-state index in [9.17, 15) is 0 Å². The Kier molecular flexibility index (Phi) is 27.6. The molecule has 0 saturated carbocycles. The Labute approximate surface area is 195 Å². The minimum absolute atomic E-state index is 0. The average Bonchev–Trinajstić information content (AvgIpc) is 3.06. The van der Waals surface area contributed by atoms with Gasteiger partial charge in [0.1, 0.15) is 8.68 Å². The number of halogens is 3. The van der Waals surface area contributed by atoms with Crippen LogP contribution in [0.15, 0.2) is 19.4 Å². The van der Waals surface area contributed by atoms with E-state index >= 15 is 0 Å². The second-order valence-corrected chi connectivity index (χ2v) is 7.07. The van der Waals surface area contributed by atoms with Gasteiger partial charge < -0.3 is 89.9 Å². The van der Waals surface area contributed by atoms with E-state index in [-0.39, 0.29) is 63.4 Å². The fraction of sp³-hybridized carbons (Fsp3) is 0.500. The first-order valence-electron chi connectivity index (χ1n) is 5.94. The smallest absolute Gasteiger partial charge is 1.00 e. The number of aromatic nitrogens is 2. The maximum Gasteiger partial charge on any atom is 3.00 e. The molecule has 0 aromatic carbocycles. The minimum atomic E-state index is 0. The van der Waals surface area contributed by atoms with Gasteiger partial charge in [-0.05, 0) is 23.6 Å². The molecule has 2 N–H and O–H groups in total. The van der Waals surface area contributed by atoms with Crippen molar-refractivity contribution in [1.29, 1.82) is 0 Å². The van der Waals surface area contributed by atoms with Crippen molar-refractivity contribution in [3.05, 3.63) is 22.1 Å². The summed E-state index contributed by atoms with van der Waals surface area (Å²) in [6.45, 7) is 5.98. The van der Waals surface area contributed by atoms with Crippen LogP contribution in [0, 0.1) is 13.8 Å². The van der Waals surface area contributed by atoms with Crippen molar-refractivity contribution in [3.63, 3.8) is 0 Å². The third kappa shape index (κ3) is 18.0. The van der Waals surface area contributed by atoms with E-state index in [1.807, 2.05) is 24.6 Å². The predicted molar refractivity (Wildman–Crippen MR) is 88.3 cm³/mol. The van der Waals surface area contributed by atoms with Crippen molar-refractivity contribution < 1.29 is 51.9 Å². The van der Waals surface area contributed by atoms with Crippen LogP contribution in [-0.4, -0.2) is 39.4 Å². The third-order valence-electron chi connectivity index (χ3n) is 2.11. The van der Waals surface area contributed by atoms with Crippen LogP contribution in [0.4, 0.5) is 0 Å². The van der Waals surface area contributed by atoms with Crippen molar-refractivity contribution in [1.82, 2.24) is 0 Å². The van der Waals surface area contributed by atoms with E-state index in [1.54, 1.807) is 22.7 Å². The van der Waals surface area contributed by atoms with E-state index in [0.29, 0.717) is 0 Å². The SMILES string of the molecule is C1CCOC1.Cc1csc([S-])[nH+]1.Cc1csc([S-])[nH+]1.[Bi+3].[Cl-].[Cl-].[Cl-]. The normalized spacial score (nSPS) is 10.9. The zero-order chi connectivity index (χ0) is 14.1. The number of H-pyrrole nitrogens is 2. The Morgan fingerprint density at radius 2 is 1.22 bits per heavy atom. The van der Waals surface area contributed by atoms with E-state index in [4.69, 9.17) is 30.0 Å². The van der Waals surface area contributed by atoms with Crippen LogP contribution in [0.25, 0.3) is 0 Å². The van der Waals surface area contributed by atoms with Gasteiger partial charge in [0, 0.05) is 27.1 Å². The van der Waals surface area contributed by atoms with Crippen LogP contribution in [0.1, 0.15) is 24.2 Å². The van der Waals surface area contributed by atoms with E-state index in [1.165, 1.54) is 12.8 Å². The van der Waals surface area contributed by atoms with Gasteiger partial charge >= 0.3 is 26.2 Å². The van der Waals surface area contributed by atoms with E-state index in [0.717, 1.165) is 33.3 Å². The summed E-state index contributed by atoms with van der Waals surface area (Å²) in [5, 5.41) is 4.00. The fourth-order valence-electron chi connectivity index (χ4n) is 1.23. The summed E-state index contributed by atoms with van der Waals surface area (Å²) in [7, 11) is 0. The van der Waals surface area contributed by atoms with Crippen molar-refractivity contribution in [2.24, 2.45) is 0 Å². The van der Waals surface area contributed by atoms with Gasteiger partial charge in [-0.15, -0.1) is 0 Å². The molecule has 0 spiro atoms. The first-order valence-corrected chi connectivity index (χ1v) is 8.52. The molecule has 1 saturated heterocycles. The van der Waals surface area contributed by atoms with E-state index < -0.39 is 0 Å². The Bertz CT molecular complexity index is 405. The topological polar surface area (TPSA) is 37.5 Å². The zero-order valence-corrected chi connectivity index (χ0v) is 21.6. The molecule has 2 aromatic rings. The molecule has 1 aliphatic heterocycles. The van der Waals surface area contributed by atoms with Crippen LogP contribution in [0.3, 0.4) is 0 Å². The van der Waals surface area contributed by atoms with Gasteiger partial charge in [0.05, 0.1) is 0 Å². The number of aromatic amines is 2. The number of nitrogens with one attached hydrogen (secondary N) is 2. The summed E-state index contributed by atoms with van der Waals surface area (Å²) in [6.07, 6.45) is 2.56. The van der Waals surface area contributed by atoms with Gasteiger partial charge in [-0.3, -0.25) is 0 Å². The largest absolute Gasteiger partial charge is 3.00 e. The van der Waals surface area contributed by atoms with Crippen molar-refractivity contribution in [2.75, 3.05) is 13.2 Å². The number of thiazole rings is 2. The Morgan fingerprint density at radius 3 is 1.30 bits per heavy atom. The average molecular weight is 650 g/mol. The quantitative estimate of drug-likeness (QED) is 0.211. The number of rotatable bonds is 0. The number of hydrogen-bond donors (Lipinski definition) is 0. The maximum absolute atomic E-state index is 4.94. The van der Waals surface area contributed by atoms with Crippen molar-refractivity contribution >= 4 is 74.1 Å². The Morgan fingerprint density at radius 1 is 0.870 bits per heavy atom. The summed E-state index contributed by atoms with van der Waals surface area (Å²) in [5.74, 6) is 0. The third-order valence-corrected chi connectivity index (χ3v) is 4.47. The van der Waals surface area contributed by atoms with Crippen molar-refractivity contribution in [3.8, 4) is 0 Å². The summed E-state index contributed by atoms with van der Waals surface area (Å²) in [4.78, 5) is 5.94. The minimum Gasteiger partial charge on any atom is -1.00 e. The molecule has 0 unspecified atom stereocenters. The molecule has 1 fully saturated rings. The molecule has 11 heteroatoms. The monoisotopic (exact) mass is 648 g/mol. The molecule has 0 atom stereocenters. The molecular weight excluding hydrogens is 632 g/mol. The van der Waals surface area contributed by atoms with E-state index in [2.05, 4.69) is 9.97 Å². The molecule has 132 valence electrons. The predicted octanol–water partition coefficient (Wildman–Crippen LogP) is -7.02. The number of hydrogen-bond acceptors (Lipinski definition) is 5. The van der Waals surface area contributed by atoms with Crippen LogP contribution < -0.4 is 47.2 Å². The maximum atomic E-state index is 4.94. The van der Waals surface area contributed by atoms with Gasteiger partial charge in [-0.2, -0.15) is 0 Å². The number of ether oxygens (including phenoxy) is 1. The first kappa shape index (κ1) is 32.1. The molecular formula is C12H18BiCl3N2OS4. The van der Waals surface area contributed by atoms with Gasteiger partial charge in [0.15, 0.2) is 11.4 Å². The van der Waals surface area contributed by atoms with Crippen LogP contribution in [0.2, 0.25) is 0 Å². The summed E-state index contributed by atoms with van der Waals surface area (Å²) in [6, 6.07) is 0. The summed E-state index contributed by atoms with van der Waals surface area (Å²) >= 11 is 12.7. The van der Waals surface area contributed by atoms with Crippen LogP contribution in [-0.2, 0) is 30.0 Å². The zero-order valence-electron chi connectivity index (χ0n) is 12.6. The summed E-state index contributed by atoms with van der Waals surface area (Å²) in [5.41, 5.74) is 2.30. The molecule has 0 amide bonds. The Balaban J connectivity index is -0.000000110. The van der Waals surface area contributed by atoms with Crippen LogP contribution >= 0.6 is 22.7 Å². The molecule has 23 heavy (non-hydrogen) atoms. The summed E-state index contributed by atoms with van der Waals surface area (Å²) < 4.78 is 6.66. The molecule has 2 radical (unpaired) electrons. The molecule has 0 bridgehead atoms. The molecule has 1 aliphatic rings. The van der Waals surface area contributed by atoms with Gasteiger partial charge in [-0.25, -0.2) is 9.97 Å². The molecule has 0 aliphatic carbocycles. The van der Waals surface area contributed by atoms with Gasteiger partial charge in [-0.1, -0.05) is 0 Å². The van der Waals surface area contributed by atoms with Gasteiger partial charge in [0.25, 0.3) is 0 Å². The molecule has 2 aromatic heterocycles. The second kappa shape index (κ2) is 19.7. The molecule has 3 nitrogen and oxygen atoms in total. The second-order valence-electron chi connectivity index (χ2n) is 3.98. The van der Waals surface area contributed by atoms with Crippen molar-refractivity contribution in [2.45, 2.75) is 35.4 Å². The number of aryl methyl sites for hydroxylation is 2. The molecule has 3 heterocycles. The Hall–Kier alpha value is 1.41.